The average molecular weight is 499 g/mol. The molecule has 4 N–H and O–H groups in total. The van der Waals surface area contributed by atoms with Gasteiger partial charge in [0.15, 0.2) is 5.16 Å². The van der Waals surface area contributed by atoms with Crippen LogP contribution >= 0.6 is 23.4 Å². The smallest absolute Gasteiger partial charge is 0.191 e. The van der Waals surface area contributed by atoms with Crippen LogP contribution in [0.15, 0.2) is 53.7 Å². The molecule has 1 fully saturated rings. The Kier molecular flexibility index (Phi) is 8.50. The summed E-state index contributed by atoms with van der Waals surface area (Å²) in [5, 5.41) is 1.47. The van der Waals surface area contributed by atoms with Crippen LogP contribution in [0.4, 0.5) is 11.6 Å². The number of rotatable bonds is 9. The van der Waals surface area contributed by atoms with Crippen molar-refractivity contribution in [2.75, 3.05) is 57.1 Å². The van der Waals surface area contributed by atoms with Crippen LogP contribution in [0.1, 0.15) is 16.7 Å². The van der Waals surface area contributed by atoms with Crippen molar-refractivity contribution in [2.24, 2.45) is 0 Å². The molecule has 0 atom stereocenters. The Bertz CT molecular complexity index is 1070. The summed E-state index contributed by atoms with van der Waals surface area (Å²) in [6, 6.07) is 15.9. The minimum absolute atomic E-state index is 0.444. The Morgan fingerprint density at radius 1 is 0.941 bits per heavy atom. The van der Waals surface area contributed by atoms with Crippen LogP contribution in [-0.2, 0) is 13.0 Å². The third-order valence-corrected chi connectivity index (χ3v) is 7.24. The van der Waals surface area contributed by atoms with Crippen molar-refractivity contribution in [3.63, 3.8) is 0 Å². The minimum Gasteiger partial charge on any atom is -0.497 e. The van der Waals surface area contributed by atoms with Crippen LogP contribution in [0.2, 0.25) is 5.02 Å². The zero-order chi connectivity index (χ0) is 23.9. The summed E-state index contributed by atoms with van der Waals surface area (Å²) in [6.07, 6.45) is 0.588. The Hall–Kier alpha value is -2.52. The normalized spacial score (nSPS) is 14.9. The van der Waals surface area contributed by atoms with E-state index in [9.17, 15) is 0 Å². The third-order valence-electron chi connectivity index (χ3n) is 6.05. The van der Waals surface area contributed by atoms with Crippen LogP contribution in [0.3, 0.4) is 0 Å². The zero-order valence-electron chi connectivity index (χ0n) is 19.4. The number of aromatic nitrogens is 2. The first-order valence-electron chi connectivity index (χ1n) is 11.4. The topological polar surface area (TPSA) is 93.5 Å². The maximum Gasteiger partial charge on any atom is 0.191 e. The van der Waals surface area contributed by atoms with Gasteiger partial charge in [0.25, 0.3) is 0 Å². The third kappa shape index (κ3) is 6.54. The number of nitrogens with zero attached hydrogens (tertiary/aromatic N) is 4. The lowest BCUT2D eigenvalue weighted by atomic mass is 10.1. The van der Waals surface area contributed by atoms with Gasteiger partial charge in [-0.25, -0.2) is 9.97 Å². The van der Waals surface area contributed by atoms with Crippen LogP contribution in [0.25, 0.3) is 0 Å². The molecular weight excluding hydrogens is 468 g/mol. The van der Waals surface area contributed by atoms with E-state index in [1.807, 2.05) is 42.5 Å². The highest BCUT2D eigenvalue weighted by molar-refractivity contribution is 7.99. The minimum atomic E-state index is 0.444. The average Bonchev–Trinajstić information content (AvgIpc) is 2.84. The molecule has 34 heavy (non-hydrogen) atoms. The van der Waals surface area contributed by atoms with Gasteiger partial charge in [-0.3, -0.25) is 9.80 Å². The van der Waals surface area contributed by atoms with Gasteiger partial charge in [-0.05, 0) is 29.3 Å². The number of anilines is 2. The predicted octanol–water partition coefficient (Wildman–Crippen LogP) is 3.80. The van der Waals surface area contributed by atoms with E-state index in [0.29, 0.717) is 23.2 Å². The molecular formula is C25H31ClN6OS. The quantitative estimate of drug-likeness (QED) is 0.340. The Balaban J connectivity index is 1.24. The van der Waals surface area contributed by atoms with Crippen molar-refractivity contribution >= 4 is 35.0 Å². The van der Waals surface area contributed by atoms with E-state index in [0.717, 1.165) is 66.9 Å². The van der Waals surface area contributed by atoms with E-state index in [-0.39, 0.29) is 0 Å². The molecule has 2 aromatic carbocycles. The highest BCUT2D eigenvalue weighted by Gasteiger charge is 2.18. The van der Waals surface area contributed by atoms with Crippen molar-refractivity contribution in [2.45, 2.75) is 18.1 Å². The number of hydrogen-bond acceptors (Lipinski definition) is 8. The summed E-state index contributed by atoms with van der Waals surface area (Å²) in [4.78, 5) is 13.9. The first kappa shape index (κ1) is 24.6. The van der Waals surface area contributed by atoms with Gasteiger partial charge in [0.1, 0.15) is 17.4 Å². The summed E-state index contributed by atoms with van der Waals surface area (Å²) in [5.74, 6) is 2.59. The van der Waals surface area contributed by atoms with Gasteiger partial charge in [0, 0.05) is 62.0 Å². The van der Waals surface area contributed by atoms with E-state index < -0.39 is 0 Å². The van der Waals surface area contributed by atoms with Crippen LogP contribution < -0.4 is 16.2 Å². The number of nitrogens with two attached hydrogens (primary N) is 2. The molecule has 0 amide bonds. The zero-order valence-corrected chi connectivity index (χ0v) is 21.0. The van der Waals surface area contributed by atoms with Gasteiger partial charge < -0.3 is 16.2 Å². The molecule has 1 aromatic heterocycles. The lowest BCUT2D eigenvalue weighted by molar-refractivity contribution is 0.133. The highest BCUT2D eigenvalue weighted by atomic mass is 35.5. The summed E-state index contributed by atoms with van der Waals surface area (Å²) >= 11 is 7.90. The molecule has 1 saturated heterocycles. The number of halogens is 1. The van der Waals surface area contributed by atoms with Crippen molar-refractivity contribution in [3.8, 4) is 5.75 Å². The molecule has 4 rings (SSSR count). The largest absolute Gasteiger partial charge is 0.497 e. The van der Waals surface area contributed by atoms with Crippen LogP contribution in [0, 0.1) is 0 Å². The van der Waals surface area contributed by atoms with E-state index in [4.69, 9.17) is 27.8 Å². The van der Waals surface area contributed by atoms with Gasteiger partial charge in [0.2, 0.25) is 0 Å². The molecule has 0 spiro atoms. The van der Waals surface area contributed by atoms with Crippen molar-refractivity contribution < 1.29 is 4.74 Å². The second kappa shape index (κ2) is 11.8. The molecule has 7 nitrogen and oxygen atoms in total. The van der Waals surface area contributed by atoms with Gasteiger partial charge in [-0.1, -0.05) is 53.7 Å². The Morgan fingerprint density at radius 3 is 2.24 bits per heavy atom. The fraction of sp³-hybridized carbons (Fsp3) is 0.360. The number of piperazine rings is 1. The van der Waals surface area contributed by atoms with E-state index in [1.54, 1.807) is 18.9 Å². The Morgan fingerprint density at radius 2 is 1.59 bits per heavy atom. The molecule has 1 aliphatic heterocycles. The monoisotopic (exact) mass is 498 g/mol. The molecule has 0 saturated carbocycles. The number of methoxy groups -OCH3 is 1. The molecule has 0 aliphatic carbocycles. The van der Waals surface area contributed by atoms with Gasteiger partial charge >= 0.3 is 0 Å². The summed E-state index contributed by atoms with van der Waals surface area (Å²) < 4.78 is 5.21. The van der Waals surface area contributed by atoms with E-state index >= 15 is 0 Å². The fourth-order valence-corrected chi connectivity index (χ4v) is 5.05. The SMILES string of the molecule is COc1ccc(Cc2c(N)nc(SCCN3CCN(Cc4ccccc4Cl)CC3)nc2N)cc1. The fourth-order valence-electron chi connectivity index (χ4n) is 4.00. The van der Waals surface area contributed by atoms with Crippen LogP contribution in [-0.4, -0.2) is 65.4 Å². The molecule has 180 valence electrons. The molecule has 0 bridgehead atoms. The van der Waals surface area contributed by atoms with Gasteiger partial charge in [-0.15, -0.1) is 0 Å². The predicted molar refractivity (Wildman–Crippen MR) is 141 cm³/mol. The van der Waals surface area contributed by atoms with Gasteiger partial charge in [0.05, 0.1) is 7.11 Å². The first-order valence-corrected chi connectivity index (χ1v) is 12.7. The number of ether oxygens (including phenoxy) is 1. The number of hydrogen-bond donors (Lipinski definition) is 2. The van der Waals surface area contributed by atoms with E-state index in [2.05, 4.69) is 25.8 Å². The highest BCUT2D eigenvalue weighted by Crippen LogP contribution is 2.25. The molecule has 9 heteroatoms. The molecule has 0 radical (unpaired) electrons. The van der Waals surface area contributed by atoms with E-state index in [1.165, 1.54) is 5.56 Å². The molecule has 2 heterocycles. The summed E-state index contributed by atoms with van der Waals surface area (Å²) in [7, 11) is 1.65. The molecule has 1 aliphatic rings. The second-order valence-corrected chi connectivity index (χ2v) is 9.81. The lowest BCUT2D eigenvalue weighted by Gasteiger charge is -2.34. The lowest BCUT2D eigenvalue weighted by Crippen LogP contribution is -2.46. The standard InChI is InChI=1S/C25H31ClN6OS/c1-33-20-8-6-18(7-9-20)16-21-23(27)29-25(30-24(21)28)34-15-14-31-10-12-32(13-11-31)17-19-4-2-3-5-22(19)26/h2-9H,10-17H2,1H3,(H4,27,28,29,30). The number of benzene rings is 2. The maximum atomic E-state index is 6.31. The number of thioether (sulfide) groups is 1. The summed E-state index contributed by atoms with van der Waals surface area (Å²) in [5.41, 5.74) is 15.5. The summed E-state index contributed by atoms with van der Waals surface area (Å²) in [6.45, 7) is 6.02. The second-order valence-electron chi connectivity index (χ2n) is 8.34. The van der Waals surface area contributed by atoms with Gasteiger partial charge in [-0.2, -0.15) is 0 Å². The van der Waals surface area contributed by atoms with Crippen LogP contribution in [0.5, 0.6) is 5.75 Å². The first-order chi connectivity index (χ1) is 16.5. The van der Waals surface area contributed by atoms with Crippen molar-refractivity contribution in [1.29, 1.82) is 0 Å². The van der Waals surface area contributed by atoms with Crippen molar-refractivity contribution in [3.05, 3.63) is 70.2 Å². The van der Waals surface area contributed by atoms with Crippen molar-refractivity contribution in [1.82, 2.24) is 19.8 Å². The Labute approximate surface area is 210 Å². The molecule has 0 unspecified atom stereocenters. The molecule has 3 aromatic rings. The maximum absolute atomic E-state index is 6.31. The number of nitrogen functional groups attached to an aromatic ring is 2.